The van der Waals surface area contributed by atoms with Crippen molar-refractivity contribution in [2.75, 3.05) is 5.32 Å². The molecule has 1 atom stereocenters. The van der Waals surface area contributed by atoms with Crippen molar-refractivity contribution < 1.29 is 0 Å². The highest BCUT2D eigenvalue weighted by molar-refractivity contribution is 5.50. The van der Waals surface area contributed by atoms with Crippen LogP contribution < -0.4 is 5.32 Å². The summed E-state index contributed by atoms with van der Waals surface area (Å²) in [5.41, 5.74) is 3.00. The molecule has 1 unspecified atom stereocenters. The molecule has 0 bridgehead atoms. The molecule has 2 nitrogen and oxygen atoms in total. The van der Waals surface area contributed by atoms with Crippen molar-refractivity contribution >= 4 is 5.69 Å². The third-order valence-electron chi connectivity index (χ3n) is 3.38. The van der Waals surface area contributed by atoms with Gasteiger partial charge in [-0.25, -0.2) is 0 Å². The molecule has 0 aliphatic carbocycles. The lowest BCUT2D eigenvalue weighted by molar-refractivity contribution is 0.634. The zero-order chi connectivity index (χ0) is 14.2. The van der Waals surface area contributed by atoms with Crippen LogP contribution in [0.25, 0.3) is 0 Å². The first-order valence-electron chi connectivity index (χ1n) is 7.15. The van der Waals surface area contributed by atoms with Crippen molar-refractivity contribution in [2.24, 2.45) is 0 Å². The normalized spacial score (nSPS) is 11.6. The van der Waals surface area contributed by atoms with Crippen molar-refractivity contribution in [3.8, 4) is 6.07 Å². The average molecular weight is 264 g/mol. The lowest BCUT2D eigenvalue weighted by Crippen LogP contribution is -2.10. The molecular formula is C18H20N2. The molecule has 2 aromatic carbocycles. The number of unbranched alkanes of at least 4 members (excludes halogenated alkanes) is 1. The molecule has 2 heteroatoms. The van der Waals surface area contributed by atoms with Crippen molar-refractivity contribution in [3.63, 3.8) is 0 Å². The van der Waals surface area contributed by atoms with E-state index in [1.807, 2.05) is 30.3 Å². The van der Waals surface area contributed by atoms with E-state index in [9.17, 15) is 0 Å². The van der Waals surface area contributed by atoms with Gasteiger partial charge in [0.05, 0.1) is 17.7 Å². The number of rotatable bonds is 6. The van der Waals surface area contributed by atoms with Crippen LogP contribution in [0.5, 0.6) is 0 Å². The molecule has 1 N–H and O–H groups in total. The highest BCUT2D eigenvalue weighted by Gasteiger charge is 2.10. The molecule has 0 saturated carbocycles. The molecule has 0 spiro atoms. The van der Waals surface area contributed by atoms with Crippen molar-refractivity contribution in [2.45, 2.75) is 32.2 Å². The molecule has 0 fully saturated rings. The maximum absolute atomic E-state index is 8.98. The summed E-state index contributed by atoms with van der Waals surface area (Å²) in [7, 11) is 0. The van der Waals surface area contributed by atoms with E-state index in [-0.39, 0.29) is 0 Å². The number of anilines is 1. The Bertz CT molecular complexity index is 569. The lowest BCUT2D eigenvalue weighted by atomic mass is 10.0. The summed E-state index contributed by atoms with van der Waals surface area (Å²) in [4.78, 5) is 0. The van der Waals surface area contributed by atoms with Crippen LogP contribution in [0.1, 0.15) is 43.4 Å². The molecule has 0 aliphatic heterocycles. The quantitative estimate of drug-likeness (QED) is 0.805. The van der Waals surface area contributed by atoms with E-state index in [0.717, 1.165) is 12.1 Å². The molecule has 0 aromatic heterocycles. The Kier molecular flexibility index (Phi) is 5.20. The second-order valence-corrected chi connectivity index (χ2v) is 4.94. The molecule has 20 heavy (non-hydrogen) atoms. The maximum Gasteiger partial charge on any atom is 0.0992 e. The molecule has 0 heterocycles. The zero-order valence-electron chi connectivity index (χ0n) is 11.8. The number of benzene rings is 2. The van der Waals surface area contributed by atoms with Crippen LogP contribution in [-0.2, 0) is 0 Å². The van der Waals surface area contributed by atoms with Crippen LogP contribution in [-0.4, -0.2) is 0 Å². The molecule has 2 rings (SSSR count). The van der Waals surface area contributed by atoms with Crippen molar-refractivity contribution in [1.82, 2.24) is 0 Å². The average Bonchev–Trinajstić information content (AvgIpc) is 2.52. The number of nitrogens with zero attached hydrogens (tertiary/aromatic N) is 1. The van der Waals surface area contributed by atoms with Crippen LogP contribution in [0.3, 0.4) is 0 Å². The summed E-state index contributed by atoms with van der Waals surface area (Å²) in [6.07, 6.45) is 3.46. The fourth-order valence-electron chi connectivity index (χ4n) is 2.30. The minimum Gasteiger partial charge on any atom is -0.378 e. The second kappa shape index (κ2) is 7.35. The van der Waals surface area contributed by atoms with Crippen LogP contribution in [0.15, 0.2) is 54.6 Å². The van der Waals surface area contributed by atoms with E-state index in [4.69, 9.17) is 5.26 Å². The van der Waals surface area contributed by atoms with Crippen LogP contribution in [0.2, 0.25) is 0 Å². The molecule has 0 amide bonds. The van der Waals surface area contributed by atoms with Gasteiger partial charge in [-0.2, -0.15) is 5.26 Å². The van der Waals surface area contributed by atoms with Gasteiger partial charge in [0.1, 0.15) is 0 Å². The fourth-order valence-corrected chi connectivity index (χ4v) is 2.30. The first kappa shape index (κ1) is 14.1. The van der Waals surface area contributed by atoms with Gasteiger partial charge in [-0.3, -0.25) is 0 Å². The van der Waals surface area contributed by atoms with E-state index in [1.54, 1.807) is 0 Å². The van der Waals surface area contributed by atoms with E-state index >= 15 is 0 Å². The third-order valence-corrected chi connectivity index (χ3v) is 3.38. The Labute approximate surface area is 121 Å². The van der Waals surface area contributed by atoms with E-state index in [0.29, 0.717) is 11.6 Å². The van der Waals surface area contributed by atoms with E-state index in [2.05, 4.69) is 42.6 Å². The first-order chi connectivity index (χ1) is 9.83. The molecule has 2 aromatic rings. The summed E-state index contributed by atoms with van der Waals surface area (Å²) < 4.78 is 0. The predicted molar refractivity (Wildman–Crippen MR) is 83.5 cm³/mol. The lowest BCUT2D eigenvalue weighted by Gasteiger charge is -2.20. The van der Waals surface area contributed by atoms with Gasteiger partial charge < -0.3 is 5.32 Å². The molecule has 0 radical (unpaired) electrons. The monoisotopic (exact) mass is 264 g/mol. The standard InChI is InChI=1S/C18H20N2/c1-2-3-12-18(16-9-5-4-6-10-16)20-17-11-7-8-15(13-17)14-19/h4-11,13,18,20H,2-3,12H2,1H3. The van der Waals surface area contributed by atoms with E-state index in [1.165, 1.54) is 18.4 Å². The topological polar surface area (TPSA) is 35.8 Å². The predicted octanol–water partition coefficient (Wildman–Crippen LogP) is 4.90. The number of hydrogen-bond donors (Lipinski definition) is 1. The van der Waals surface area contributed by atoms with Crippen LogP contribution in [0, 0.1) is 11.3 Å². The Hall–Kier alpha value is -2.27. The molecule has 0 saturated heterocycles. The van der Waals surface area contributed by atoms with Gasteiger partial charge in [0.15, 0.2) is 0 Å². The van der Waals surface area contributed by atoms with Gasteiger partial charge in [0.2, 0.25) is 0 Å². The second-order valence-electron chi connectivity index (χ2n) is 4.94. The molecule has 0 aliphatic rings. The van der Waals surface area contributed by atoms with Crippen LogP contribution >= 0.6 is 0 Å². The van der Waals surface area contributed by atoms with Crippen LogP contribution in [0.4, 0.5) is 5.69 Å². The maximum atomic E-state index is 8.98. The summed E-state index contributed by atoms with van der Waals surface area (Å²) >= 11 is 0. The van der Waals surface area contributed by atoms with Gasteiger partial charge >= 0.3 is 0 Å². The highest BCUT2D eigenvalue weighted by atomic mass is 14.9. The van der Waals surface area contributed by atoms with Crippen molar-refractivity contribution in [1.29, 1.82) is 5.26 Å². The smallest absolute Gasteiger partial charge is 0.0992 e. The summed E-state index contributed by atoms with van der Waals surface area (Å²) in [5, 5.41) is 12.5. The van der Waals surface area contributed by atoms with Gasteiger partial charge in [-0.15, -0.1) is 0 Å². The third kappa shape index (κ3) is 3.86. The SMILES string of the molecule is CCCCC(Nc1cccc(C#N)c1)c1ccccc1. The van der Waals surface area contributed by atoms with Gasteiger partial charge in [-0.1, -0.05) is 56.2 Å². The highest BCUT2D eigenvalue weighted by Crippen LogP contribution is 2.24. The summed E-state index contributed by atoms with van der Waals surface area (Å²) in [5.74, 6) is 0. The minimum absolute atomic E-state index is 0.296. The number of nitrogens with one attached hydrogen (secondary N) is 1. The van der Waals surface area contributed by atoms with Crippen molar-refractivity contribution in [3.05, 3.63) is 65.7 Å². The first-order valence-corrected chi connectivity index (χ1v) is 7.15. The van der Waals surface area contributed by atoms with Gasteiger partial charge in [0.25, 0.3) is 0 Å². The van der Waals surface area contributed by atoms with Gasteiger partial charge in [0, 0.05) is 5.69 Å². The Balaban J connectivity index is 2.17. The minimum atomic E-state index is 0.296. The fraction of sp³-hybridized carbons (Fsp3) is 0.278. The van der Waals surface area contributed by atoms with Gasteiger partial charge in [-0.05, 0) is 30.2 Å². The number of hydrogen-bond acceptors (Lipinski definition) is 2. The summed E-state index contributed by atoms with van der Waals surface area (Å²) in [6, 6.07) is 20.6. The Morgan fingerprint density at radius 1 is 1.10 bits per heavy atom. The molecular weight excluding hydrogens is 244 g/mol. The largest absolute Gasteiger partial charge is 0.378 e. The Morgan fingerprint density at radius 2 is 1.90 bits per heavy atom. The molecule has 102 valence electrons. The Morgan fingerprint density at radius 3 is 2.60 bits per heavy atom. The van der Waals surface area contributed by atoms with E-state index < -0.39 is 0 Å². The summed E-state index contributed by atoms with van der Waals surface area (Å²) in [6.45, 7) is 2.21. The number of nitriles is 1. The zero-order valence-corrected chi connectivity index (χ0v) is 11.8.